The standard InChI is InChI=1S/C19H25NO2S/c1-3-22-19(21)18-17(14-10-8-13(2)9-11-14)20-16-7-5-4-6-15(16)12-23-18/h8-11,15-16,20H,3-7,12H2,1-2H3/t15-,16-/m0/s1. The molecule has 4 heteroatoms. The lowest BCUT2D eigenvalue weighted by atomic mass is 9.85. The Bertz CT molecular complexity index is 594. The van der Waals surface area contributed by atoms with Crippen molar-refractivity contribution in [3.05, 3.63) is 40.3 Å². The van der Waals surface area contributed by atoms with Crippen LogP contribution in [0.15, 0.2) is 29.2 Å². The van der Waals surface area contributed by atoms with Gasteiger partial charge >= 0.3 is 5.97 Å². The van der Waals surface area contributed by atoms with Gasteiger partial charge in [0, 0.05) is 11.8 Å². The predicted molar refractivity (Wildman–Crippen MR) is 96.1 cm³/mol. The van der Waals surface area contributed by atoms with E-state index in [0.717, 1.165) is 21.9 Å². The number of thioether (sulfide) groups is 1. The topological polar surface area (TPSA) is 38.3 Å². The molecule has 0 amide bonds. The van der Waals surface area contributed by atoms with Gasteiger partial charge in [-0.3, -0.25) is 0 Å². The predicted octanol–water partition coefficient (Wildman–Crippen LogP) is 4.12. The molecule has 1 aromatic rings. The molecule has 1 N–H and O–H groups in total. The molecule has 2 aliphatic rings. The maximum atomic E-state index is 12.5. The first-order chi connectivity index (χ1) is 11.2. The zero-order valence-corrected chi connectivity index (χ0v) is 14.7. The highest BCUT2D eigenvalue weighted by atomic mass is 32.2. The summed E-state index contributed by atoms with van der Waals surface area (Å²) in [6, 6.07) is 8.86. The fourth-order valence-corrected chi connectivity index (χ4v) is 4.68. The van der Waals surface area contributed by atoms with Crippen LogP contribution in [0.4, 0.5) is 0 Å². The Hall–Kier alpha value is -1.42. The summed E-state index contributed by atoms with van der Waals surface area (Å²) in [5.74, 6) is 1.45. The summed E-state index contributed by atoms with van der Waals surface area (Å²) < 4.78 is 5.31. The first-order valence-corrected chi connectivity index (χ1v) is 9.55. The van der Waals surface area contributed by atoms with E-state index in [1.165, 1.54) is 31.2 Å². The number of aryl methyl sites for hydroxylation is 1. The Morgan fingerprint density at radius 2 is 2.00 bits per heavy atom. The van der Waals surface area contributed by atoms with Crippen molar-refractivity contribution in [2.24, 2.45) is 5.92 Å². The van der Waals surface area contributed by atoms with Crippen LogP contribution >= 0.6 is 11.8 Å². The van der Waals surface area contributed by atoms with E-state index in [4.69, 9.17) is 4.74 Å². The highest BCUT2D eigenvalue weighted by molar-refractivity contribution is 8.04. The average molecular weight is 331 g/mol. The third-order valence-corrected chi connectivity index (χ3v) is 5.96. The molecule has 2 atom stereocenters. The smallest absolute Gasteiger partial charge is 0.346 e. The maximum Gasteiger partial charge on any atom is 0.346 e. The Balaban J connectivity index is 1.97. The lowest BCUT2D eigenvalue weighted by molar-refractivity contribution is -0.137. The molecule has 1 heterocycles. The van der Waals surface area contributed by atoms with E-state index in [-0.39, 0.29) is 5.97 Å². The van der Waals surface area contributed by atoms with Gasteiger partial charge in [0.25, 0.3) is 0 Å². The second kappa shape index (κ2) is 7.43. The highest BCUT2D eigenvalue weighted by Crippen LogP contribution is 2.37. The normalized spacial score (nSPS) is 24.4. The fraction of sp³-hybridized carbons (Fsp3) is 0.526. The number of ether oxygens (including phenoxy) is 1. The fourth-order valence-electron chi connectivity index (χ4n) is 3.40. The van der Waals surface area contributed by atoms with Crippen molar-refractivity contribution in [2.45, 2.75) is 45.6 Å². The molecule has 0 spiro atoms. The molecule has 1 fully saturated rings. The van der Waals surface area contributed by atoms with Crippen molar-refractivity contribution in [3.8, 4) is 0 Å². The second-order valence-corrected chi connectivity index (χ2v) is 7.43. The molecule has 3 nitrogen and oxygen atoms in total. The van der Waals surface area contributed by atoms with E-state index in [9.17, 15) is 4.79 Å². The van der Waals surface area contributed by atoms with E-state index >= 15 is 0 Å². The average Bonchev–Trinajstić information content (AvgIpc) is 2.75. The van der Waals surface area contributed by atoms with Crippen LogP contribution in [0.3, 0.4) is 0 Å². The summed E-state index contributed by atoms with van der Waals surface area (Å²) in [5, 5.41) is 3.70. The lowest BCUT2D eigenvalue weighted by Crippen LogP contribution is -2.37. The first kappa shape index (κ1) is 16.4. The van der Waals surface area contributed by atoms with Gasteiger partial charge in [0.15, 0.2) is 0 Å². The van der Waals surface area contributed by atoms with Gasteiger partial charge in [0.2, 0.25) is 0 Å². The van der Waals surface area contributed by atoms with E-state index < -0.39 is 0 Å². The molecule has 0 radical (unpaired) electrons. The van der Waals surface area contributed by atoms with Crippen molar-refractivity contribution in [1.29, 1.82) is 0 Å². The molecule has 0 aromatic heterocycles. The van der Waals surface area contributed by atoms with Gasteiger partial charge < -0.3 is 10.1 Å². The van der Waals surface area contributed by atoms with Gasteiger partial charge in [0.1, 0.15) is 4.91 Å². The number of carbonyl (C=O) groups is 1. The Kier molecular flexibility index (Phi) is 5.31. The summed E-state index contributed by atoms with van der Waals surface area (Å²) in [5.41, 5.74) is 3.27. The maximum absolute atomic E-state index is 12.5. The van der Waals surface area contributed by atoms with Gasteiger partial charge in [-0.25, -0.2) is 4.79 Å². The van der Waals surface area contributed by atoms with E-state index in [1.54, 1.807) is 11.8 Å². The van der Waals surface area contributed by atoms with Gasteiger partial charge in [-0.2, -0.15) is 0 Å². The van der Waals surface area contributed by atoms with Crippen LogP contribution in [-0.2, 0) is 9.53 Å². The highest BCUT2D eigenvalue weighted by Gasteiger charge is 2.32. The molecule has 0 unspecified atom stereocenters. The summed E-state index contributed by atoms with van der Waals surface area (Å²) in [7, 11) is 0. The largest absolute Gasteiger partial charge is 0.462 e. The van der Waals surface area contributed by atoms with Crippen LogP contribution in [0.5, 0.6) is 0 Å². The number of nitrogens with one attached hydrogen (secondary N) is 1. The van der Waals surface area contributed by atoms with Crippen LogP contribution in [-0.4, -0.2) is 24.4 Å². The Morgan fingerprint density at radius 3 is 2.74 bits per heavy atom. The van der Waals surface area contributed by atoms with Crippen molar-refractivity contribution in [2.75, 3.05) is 12.4 Å². The van der Waals surface area contributed by atoms with E-state index in [1.807, 2.05) is 6.92 Å². The van der Waals surface area contributed by atoms with Crippen molar-refractivity contribution in [1.82, 2.24) is 5.32 Å². The minimum absolute atomic E-state index is 0.195. The number of fused-ring (bicyclic) bond motifs is 1. The Morgan fingerprint density at radius 1 is 1.26 bits per heavy atom. The molecule has 0 saturated heterocycles. The number of esters is 1. The number of rotatable bonds is 3. The summed E-state index contributed by atoms with van der Waals surface area (Å²) >= 11 is 1.67. The van der Waals surface area contributed by atoms with Crippen LogP contribution < -0.4 is 5.32 Å². The van der Waals surface area contributed by atoms with Crippen molar-refractivity contribution < 1.29 is 9.53 Å². The number of hydrogen-bond acceptors (Lipinski definition) is 4. The Labute approximate surface area is 142 Å². The zero-order chi connectivity index (χ0) is 16.2. The van der Waals surface area contributed by atoms with E-state index in [0.29, 0.717) is 18.6 Å². The zero-order valence-electron chi connectivity index (χ0n) is 13.9. The minimum Gasteiger partial charge on any atom is -0.462 e. The van der Waals surface area contributed by atoms with Gasteiger partial charge in [-0.05, 0) is 38.2 Å². The quantitative estimate of drug-likeness (QED) is 0.846. The third-order valence-electron chi connectivity index (χ3n) is 4.71. The minimum atomic E-state index is -0.195. The molecular weight excluding hydrogens is 306 g/mol. The van der Waals surface area contributed by atoms with Crippen LogP contribution in [0.1, 0.15) is 43.7 Å². The van der Waals surface area contributed by atoms with Crippen molar-refractivity contribution >= 4 is 23.4 Å². The summed E-state index contributed by atoms with van der Waals surface area (Å²) in [4.78, 5) is 13.2. The number of benzene rings is 1. The SMILES string of the molecule is CCOC(=O)C1=C(c2ccc(C)cc2)N[C@H]2CCCC[C@H]2CS1. The molecule has 124 valence electrons. The molecule has 1 aliphatic heterocycles. The van der Waals surface area contributed by atoms with Gasteiger partial charge in [0.05, 0.1) is 12.3 Å². The molecule has 23 heavy (non-hydrogen) atoms. The van der Waals surface area contributed by atoms with E-state index in [2.05, 4.69) is 36.5 Å². The first-order valence-electron chi connectivity index (χ1n) is 8.56. The molecule has 1 aromatic carbocycles. The van der Waals surface area contributed by atoms with Crippen LogP contribution in [0.2, 0.25) is 0 Å². The molecule has 3 rings (SSSR count). The molecule has 1 saturated carbocycles. The summed E-state index contributed by atoms with van der Waals surface area (Å²) in [6.07, 6.45) is 5.02. The van der Waals surface area contributed by atoms with Crippen LogP contribution in [0, 0.1) is 12.8 Å². The monoisotopic (exact) mass is 331 g/mol. The molecular formula is C19H25NO2S. The number of hydrogen-bond donors (Lipinski definition) is 1. The second-order valence-electron chi connectivity index (χ2n) is 6.40. The third kappa shape index (κ3) is 3.74. The lowest BCUT2D eigenvalue weighted by Gasteiger charge is -2.31. The van der Waals surface area contributed by atoms with Crippen LogP contribution in [0.25, 0.3) is 5.70 Å². The summed E-state index contributed by atoms with van der Waals surface area (Å²) in [6.45, 7) is 4.35. The molecule has 0 bridgehead atoms. The van der Waals surface area contributed by atoms with Gasteiger partial charge in [-0.1, -0.05) is 42.7 Å². The van der Waals surface area contributed by atoms with Crippen molar-refractivity contribution in [3.63, 3.8) is 0 Å². The van der Waals surface area contributed by atoms with Gasteiger partial charge in [-0.15, -0.1) is 11.8 Å². The number of carbonyl (C=O) groups excluding carboxylic acids is 1. The molecule has 1 aliphatic carbocycles.